The van der Waals surface area contributed by atoms with Gasteiger partial charge in [-0.2, -0.15) is 9.78 Å². The molecule has 9 heteroatoms. The monoisotopic (exact) mass is 403 g/mol. The normalized spacial score (nSPS) is 15.0. The summed E-state index contributed by atoms with van der Waals surface area (Å²) in [6.45, 7) is 0. The van der Waals surface area contributed by atoms with Crippen molar-refractivity contribution in [1.29, 1.82) is 0 Å². The molecule has 29 heavy (non-hydrogen) atoms. The molecule has 1 aliphatic rings. The van der Waals surface area contributed by atoms with Crippen molar-refractivity contribution in [2.45, 2.75) is 6.04 Å². The van der Waals surface area contributed by atoms with Crippen molar-refractivity contribution in [1.82, 2.24) is 30.4 Å². The van der Waals surface area contributed by atoms with Crippen LogP contribution < -0.4 is 10.9 Å². The Labute approximate surface area is 169 Å². The molecule has 1 atom stereocenters. The van der Waals surface area contributed by atoms with Gasteiger partial charge in [0, 0.05) is 16.1 Å². The maximum Gasteiger partial charge on any atom is 0.288 e. The van der Waals surface area contributed by atoms with E-state index < -0.39 is 6.04 Å². The Morgan fingerprint density at radius 1 is 1.03 bits per heavy atom. The van der Waals surface area contributed by atoms with Crippen LogP contribution in [0, 0.1) is 0 Å². The lowest BCUT2D eigenvalue weighted by atomic mass is 9.94. The Morgan fingerprint density at radius 2 is 1.83 bits per heavy atom. The summed E-state index contributed by atoms with van der Waals surface area (Å²) < 4.78 is 1.60. The third kappa shape index (κ3) is 2.99. The van der Waals surface area contributed by atoms with Gasteiger partial charge in [0.05, 0.1) is 5.69 Å². The molecule has 8 nitrogen and oxygen atoms in total. The lowest BCUT2D eigenvalue weighted by molar-refractivity contribution is 0.565. The highest BCUT2D eigenvalue weighted by Gasteiger charge is 2.34. The molecule has 0 saturated carbocycles. The van der Waals surface area contributed by atoms with Gasteiger partial charge >= 0.3 is 0 Å². The van der Waals surface area contributed by atoms with E-state index in [1.54, 1.807) is 10.7 Å². The van der Waals surface area contributed by atoms with Crippen molar-refractivity contribution in [3.8, 4) is 0 Å². The molecular weight excluding hydrogens is 390 g/mol. The summed E-state index contributed by atoms with van der Waals surface area (Å²) in [6.07, 6.45) is 3.78. The van der Waals surface area contributed by atoms with Crippen LogP contribution in [0.3, 0.4) is 0 Å². The number of hydrogen-bond donors (Lipinski definition) is 2. The van der Waals surface area contributed by atoms with E-state index in [1.807, 2.05) is 60.7 Å². The van der Waals surface area contributed by atoms with Crippen molar-refractivity contribution < 1.29 is 0 Å². The first kappa shape index (κ1) is 17.3. The Balaban J connectivity index is 1.74. The molecule has 2 N–H and O–H groups in total. The molecule has 5 rings (SSSR count). The summed E-state index contributed by atoms with van der Waals surface area (Å²) in [5.74, 6) is 0.358. The number of hydrogen-bond acceptors (Lipinski definition) is 6. The van der Waals surface area contributed by atoms with Gasteiger partial charge in [0.25, 0.3) is 5.56 Å². The van der Waals surface area contributed by atoms with Crippen LogP contribution in [-0.4, -0.2) is 30.4 Å². The molecule has 2 aromatic heterocycles. The van der Waals surface area contributed by atoms with E-state index in [4.69, 9.17) is 11.6 Å². The van der Waals surface area contributed by atoms with Crippen LogP contribution >= 0.6 is 11.6 Å². The highest BCUT2D eigenvalue weighted by Crippen LogP contribution is 2.40. The number of anilines is 2. The molecular formula is C20H14ClN7O. The number of H-pyrrole nitrogens is 1. The second-order valence-corrected chi connectivity index (χ2v) is 6.87. The lowest BCUT2D eigenvalue weighted by Crippen LogP contribution is -2.29. The van der Waals surface area contributed by atoms with E-state index >= 15 is 0 Å². The van der Waals surface area contributed by atoms with Crippen LogP contribution in [-0.2, 0) is 0 Å². The number of aromatic amines is 1. The second kappa shape index (κ2) is 6.99. The van der Waals surface area contributed by atoms with Crippen LogP contribution in [0.25, 0.3) is 12.2 Å². The minimum Gasteiger partial charge on any atom is -0.318 e. The standard InChI is InChI=1S/C20H14ClN7O/c21-14-9-5-4-8-13(14)18-16-15(11-10-12-6-2-1-3-7-12)23-24-19(29)17(16)22-20-25-26-27-28(18)20/h1-11,18H,(H,24,29)(H,22,25,27)/b11-10+/t18-/m1/s1. The number of nitrogens with zero attached hydrogens (tertiary/aromatic N) is 5. The third-order valence-corrected chi connectivity index (χ3v) is 5.08. The number of rotatable bonds is 3. The molecule has 4 aromatic rings. The number of nitrogens with one attached hydrogen (secondary N) is 2. The van der Waals surface area contributed by atoms with Gasteiger partial charge in [-0.25, -0.2) is 5.10 Å². The molecule has 0 amide bonds. The third-order valence-electron chi connectivity index (χ3n) is 4.73. The molecule has 2 aromatic carbocycles. The number of halogens is 1. The predicted octanol–water partition coefficient (Wildman–Crippen LogP) is 3.27. The van der Waals surface area contributed by atoms with Gasteiger partial charge in [-0.3, -0.25) is 4.79 Å². The fourth-order valence-electron chi connectivity index (χ4n) is 3.41. The first-order valence-electron chi connectivity index (χ1n) is 8.87. The predicted molar refractivity (Wildman–Crippen MR) is 110 cm³/mol. The van der Waals surface area contributed by atoms with Crippen LogP contribution in [0.4, 0.5) is 11.6 Å². The van der Waals surface area contributed by atoms with Crippen molar-refractivity contribution in [3.05, 3.63) is 92.4 Å². The van der Waals surface area contributed by atoms with Crippen LogP contribution in [0.5, 0.6) is 0 Å². The maximum absolute atomic E-state index is 12.6. The fraction of sp³-hybridized carbons (Fsp3) is 0.0500. The van der Waals surface area contributed by atoms with Crippen molar-refractivity contribution >= 4 is 35.4 Å². The van der Waals surface area contributed by atoms with Gasteiger partial charge in [-0.05, 0) is 28.1 Å². The van der Waals surface area contributed by atoms with Gasteiger partial charge < -0.3 is 5.32 Å². The maximum atomic E-state index is 12.6. The van der Waals surface area contributed by atoms with Crippen molar-refractivity contribution in [2.75, 3.05) is 5.32 Å². The zero-order valence-electron chi connectivity index (χ0n) is 15.0. The van der Waals surface area contributed by atoms with Gasteiger partial charge in [0.1, 0.15) is 11.7 Å². The van der Waals surface area contributed by atoms with Crippen molar-refractivity contribution in [2.24, 2.45) is 0 Å². The summed E-state index contributed by atoms with van der Waals surface area (Å²) in [7, 11) is 0. The number of benzene rings is 2. The highest BCUT2D eigenvalue weighted by molar-refractivity contribution is 6.31. The molecule has 3 heterocycles. The average Bonchev–Trinajstić information content (AvgIpc) is 3.22. The molecule has 0 unspecified atom stereocenters. The number of tetrazole rings is 1. The van der Waals surface area contributed by atoms with Crippen LogP contribution in [0.15, 0.2) is 59.4 Å². The van der Waals surface area contributed by atoms with Gasteiger partial charge in [-0.15, -0.1) is 0 Å². The largest absolute Gasteiger partial charge is 0.318 e. The summed E-state index contributed by atoms with van der Waals surface area (Å²) in [5.41, 5.74) is 3.00. The van der Waals surface area contributed by atoms with Gasteiger partial charge in [0.2, 0.25) is 5.95 Å². The molecule has 0 radical (unpaired) electrons. The SMILES string of the molecule is O=c1[nH]nc(/C=C/c2ccccc2)c2c1Nc1nnnn1[C@@H]2c1ccccc1Cl. The Bertz CT molecular complexity index is 1280. The van der Waals surface area contributed by atoms with E-state index in [0.29, 0.717) is 27.9 Å². The van der Waals surface area contributed by atoms with E-state index in [0.717, 1.165) is 11.1 Å². The summed E-state index contributed by atoms with van der Waals surface area (Å²) in [4.78, 5) is 12.6. The molecule has 1 aliphatic heterocycles. The first-order valence-corrected chi connectivity index (χ1v) is 9.25. The Morgan fingerprint density at radius 3 is 2.66 bits per heavy atom. The number of fused-ring (bicyclic) bond motifs is 2. The summed E-state index contributed by atoms with van der Waals surface area (Å²) in [5, 5.41) is 22.2. The van der Waals surface area contributed by atoms with E-state index in [1.165, 1.54) is 0 Å². The Kier molecular flexibility index (Phi) is 4.18. The van der Waals surface area contributed by atoms with Gasteiger partial charge in [-0.1, -0.05) is 71.3 Å². The summed E-state index contributed by atoms with van der Waals surface area (Å²) >= 11 is 6.50. The zero-order chi connectivity index (χ0) is 19.8. The lowest BCUT2D eigenvalue weighted by Gasteiger charge is -2.27. The minimum absolute atomic E-state index is 0.347. The van der Waals surface area contributed by atoms with E-state index in [9.17, 15) is 4.79 Å². The van der Waals surface area contributed by atoms with Gasteiger partial charge in [0.15, 0.2) is 0 Å². The van der Waals surface area contributed by atoms with Crippen LogP contribution in [0.1, 0.15) is 28.4 Å². The minimum atomic E-state index is -0.504. The molecule has 0 saturated heterocycles. The molecule has 142 valence electrons. The molecule has 0 aliphatic carbocycles. The fourth-order valence-corrected chi connectivity index (χ4v) is 3.65. The van der Waals surface area contributed by atoms with E-state index in [2.05, 4.69) is 31.0 Å². The zero-order valence-corrected chi connectivity index (χ0v) is 15.7. The average molecular weight is 404 g/mol. The highest BCUT2D eigenvalue weighted by atomic mass is 35.5. The molecule has 0 fully saturated rings. The smallest absolute Gasteiger partial charge is 0.288 e. The quantitative estimate of drug-likeness (QED) is 0.479. The second-order valence-electron chi connectivity index (χ2n) is 6.47. The van der Waals surface area contributed by atoms with E-state index in [-0.39, 0.29) is 5.56 Å². The Hall–Kier alpha value is -3.78. The van der Waals surface area contributed by atoms with Crippen LogP contribution in [0.2, 0.25) is 5.02 Å². The van der Waals surface area contributed by atoms with Crippen molar-refractivity contribution in [3.63, 3.8) is 0 Å². The topological polar surface area (TPSA) is 101 Å². The first-order chi connectivity index (χ1) is 14.2. The molecule has 0 bridgehead atoms. The number of aromatic nitrogens is 6. The molecule has 0 spiro atoms. The summed E-state index contributed by atoms with van der Waals surface area (Å²) in [6, 6.07) is 16.7.